The van der Waals surface area contributed by atoms with Gasteiger partial charge >= 0.3 is 0 Å². The summed E-state index contributed by atoms with van der Waals surface area (Å²) in [5.41, 5.74) is 1.50. The number of thiophene rings is 1. The van der Waals surface area contributed by atoms with Crippen LogP contribution in [0.4, 0.5) is 0 Å². The van der Waals surface area contributed by atoms with E-state index in [-0.39, 0.29) is 0 Å². The van der Waals surface area contributed by atoms with Crippen molar-refractivity contribution in [2.24, 2.45) is 0 Å². The summed E-state index contributed by atoms with van der Waals surface area (Å²) in [7, 11) is 0. The molecule has 1 aromatic heterocycles. The molecular formula is C14H23NS3. The molecule has 0 spiro atoms. The molecular weight excluding hydrogens is 278 g/mol. The lowest BCUT2D eigenvalue weighted by atomic mass is 10.0. The molecule has 1 fully saturated rings. The Labute approximate surface area is 124 Å². The molecule has 0 bridgehead atoms. The zero-order chi connectivity index (χ0) is 12.8. The van der Waals surface area contributed by atoms with Gasteiger partial charge in [0.15, 0.2) is 0 Å². The molecule has 1 aromatic rings. The second-order valence-electron chi connectivity index (χ2n) is 4.75. The van der Waals surface area contributed by atoms with Crippen molar-refractivity contribution in [3.05, 3.63) is 22.4 Å². The standard InChI is InChI=1S/C14H23NS3/c1-3-15-13(5-4-12-6-7-16-10-12)14-11(2)17-8-9-18-14/h6-7,10-11,13-15H,3-5,8-9H2,1-2H3. The van der Waals surface area contributed by atoms with E-state index in [0.29, 0.717) is 6.04 Å². The summed E-state index contributed by atoms with van der Waals surface area (Å²) in [6.45, 7) is 5.71. The zero-order valence-corrected chi connectivity index (χ0v) is 13.7. The Bertz CT molecular complexity index is 326. The van der Waals surface area contributed by atoms with Gasteiger partial charge in [-0.25, -0.2) is 0 Å². The van der Waals surface area contributed by atoms with Crippen molar-refractivity contribution in [1.82, 2.24) is 5.32 Å². The van der Waals surface area contributed by atoms with E-state index in [4.69, 9.17) is 0 Å². The highest BCUT2D eigenvalue weighted by Gasteiger charge is 2.29. The molecule has 1 aliphatic heterocycles. The third-order valence-electron chi connectivity index (χ3n) is 3.42. The normalized spacial score (nSPS) is 26.1. The van der Waals surface area contributed by atoms with Crippen molar-refractivity contribution < 1.29 is 0 Å². The molecule has 0 saturated carbocycles. The van der Waals surface area contributed by atoms with Crippen molar-refractivity contribution in [1.29, 1.82) is 0 Å². The van der Waals surface area contributed by atoms with Gasteiger partial charge in [0, 0.05) is 28.0 Å². The van der Waals surface area contributed by atoms with Crippen LogP contribution in [0.3, 0.4) is 0 Å². The zero-order valence-electron chi connectivity index (χ0n) is 11.2. The topological polar surface area (TPSA) is 12.0 Å². The van der Waals surface area contributed by atoms with Gasteiger partial charge in [0.25, 0.3) is 0 Å². The second-order valence-corrected chi connectivity index (χ2v) is 8.30. The summed E-state index contributed by atoms with van der Waals surface area (Å²) in [4.78, 5) is 0. The number of aryl methyl sites for hydroxylation is 1. The molecule has 2 rings (SSSR count). The molecule has 0 aromatic carbocycles. The Morgan fingerprint density at radius 2 is 2.22 bits per heavy atom. The van der Waals surface area contributed by atoms with E-state index in [1.54, 1.807) is 0 Å². The van der Waals surface area contributed by atoms with Gasteiger partial charge in [-0.15, -0.1) is 0 Å². The number of rotatable bonds is 6. The number of hydrogen-bond donors (Lipinski definition) is 1. The molecule has 0 aliphatic carbocycles. The van der Waals surface area contributed by atoms with E-state index < -0.39 is 0 Å². The van der Waals surface area contributed by atoms with E-state index in [9.17, 15) is 0 Å². The predicted octanol–water partition coefficient (Wildman–Crippen LogP) is 3.90. The minimum absolute atomic E-state index is 0.669. The van der Waals surface area contributed by atoms with Gasteiger partial charge in [0.2, 0.25) is 0 Å². The van der Waals surface area contributed by atoms with E-state index in [0.717, 1.165) is 17.0 Å². The highest BCUT2D eigenvalue weighted by molar-refractivity contribution is 8.07. The number of hydrogen-bond acceptors (Lipinski definition) is 4. The van der Waals surface area contributed by atoms with Crippen LogP contribution in [0.5, 0.6) is 0 Å². The third kappa shape index (κ3) is 4.19. The SMILES string of the molecule is CCNC(CCc1ccsc1)C1SCCSC1C. The van der Waals surface area contributed by atoms with Gasteiger partial charge in [-0.05, 0) is 41.8 Å². The Kier molecular flexibility index (Phi) is 6.42. The van der Waals surface area contributed by atoms with Gasteiger partial charge < -0.3 is 5.32 Å². The molecule has 18 heavy (non-hydrogen) atoms. The van der Waals surface area contributed by atoms with Crippen LogP contribution in [-0.2, 0) is 6.42 Å². The summed E-state index contributed by atoms with van der Waals surface area (Å²) >= 11 is 6.13. The van der Waals surface area contributed by atoms with E-state index in [1.165, 1.54) is 29.9 Å². The van der Waals surface area contributed by atoms with Gasteiger partial charge in [0.05, 0.1) is 0 Å². The first kappa shape index (κ1) is 14.8. The quantitative estimate of drug-likeness (QED) is 0.856. The Morgan fingerprint density at radius 3 is 2.89 bits per heavy atom. The lowest BCUT2D eigenvalue weighted by molar-refractivity contribution is 0.473. The smallest absolute Gasteiger partial charge is 0.0317 e. The maximum atomic E-state index is 3.71. The summed E-state index contributed by atoms with van der Waals surface area (Å²) in [5, 5.41) is 9.75. The minimum atomic E-state index is 0.669. The van der Waals surface area contributed by atoms with Crippen molar-refractivity contribution in [2.75, 3.05) is 18.1 Å². The summed E-state index contributed by atoms with van der Waals surface area (Å²) in [6, 6.07) is 2.93. The van der Waals surface area contributed by atoms with Gasteiger partial charge in [-0.1, -0.05) is 13.8 Å². The van der Waals surface area contributed by atoms with Crippen molar-refractivity contribution in [3.63, 3.8) is 0 Å². The molecule has 3 unspecified atom stereocenters. The fraction of sp³-hybridized carbons (Fsp3) is 0.714. The number of thioether (sulfide) groups is 2. The Hall–Kier alpha value is 0.360. The fourth-order valence-electron chi connectivity index (χ4n) is 2.49. The van der Waals surface area contributed by atoms with Gasteiger partial charge in [0.1, 0.15) is 0 Å². The summed E-state index contributed by atoms with van der Waals surface area (Å²) < 4.78 is 0. The van der Waals surface area contributed by atoms with Crippen LogP contribution in [0, 0.1) is 0 Å². The minimum Gasteiger partial charge on any atom is -0.313 e. The average Bonchev–Trinajstić information content (AvgIpc) is 2.88. The van der Waals surface area contributed by atoms with Crippen LogP contribution >= 0.6 is 34.9 Å². The Morgan fingerprint density at radius 1 is 1.39 bits per heavy atom. The van der Waals surface area contributed by atoms with Crippen molar-refractivity contribution >= 4 is 34.9 Å². The first-order valence-corrected chi connectivity index (χ1v) is 9.83. The van der Waals surface area contributed by atoms with Crippen molar-refractivity contribution in [2.45, 2.75) is 43.2 Å². The molecule has 2 heterocycles. The monoisotopic (exact) mass is 301 g/mol. The van der Waals surface area contributed by atoms with E-state index in [1.807, 2.05) is 11.3 Å². The fourth-order valence-corrected chi connectivity index (χ4v) is 6.20. The lowest BCUT2D eigenvalue weighted by Gasteiger charge is -2.35. The van der Waals surface area contributed by atoms with Crippen LogP contribution in [-0.4, -0.2) is 34.6 Å². The highest BCUT2D eigenvalue weighted by atomic mass is 32.2. The average molecular weight is 302 g/mol. The maximum absolute atomic E-state index is 3.71. The summed E-state index contributed by atoms with van der Waals surface area (Å²) in [5.74, 6) is 2.64. The first-order valence-electron chi connectivity index (χ1n) is 6.79. The number of nitrogens with one attached hydrogen (secondary N) is 1. The molecule has 4 heteroatoms. The first-order chi connectivity index (χ1) is 8.81. The molecule has 3 atom stereocenters. The van der Waals surface area contributed by atoms with Crippen LogP contribution in [0.2, 0.25) is 0 Å². The van der Waals surface area contributed by atoms with Crippen LogP contribution < -0.4 is 5.32 Å². The molecule has 1 N–H and O–H groups in total. The molecule has 0 radical (unpaired) electrons. The van der Waals surface area contributed by atoms with E-state index in [2.05, 4.69) is 59.5 Å². The predicted molar refractivity (Wildman–Crippen MR) is 88.3 cm³/mol. The van der Waals surface area contributed by atoms with Gasteiger partial charge in [-0.3, -0.25) is 0 Å². The lowest BCUT2D eigenvalue weighted by Crippen LogP contribution is -2.44. The maximum Gasteiger partial charge on any atom is 0.0317 e. The van der Waals surface area contributed by atoms with Crippen LogP contribution in [0.15, 0.2) is 16.8 Å². The van der Waals surface area contributed by atoms with Crippen molar-refractivity contribution in [3.8, 4) is 0 Å². The molecule has 0 amide bonds. The Balaban J connectivity index is 1.89. The van der Waals surface area contributed by atoms with Crippen LogP contribution in [0.25, 0.3) is 0 Å². The summed E-state index contributed by atoms with van der Waals surface area (Å²) in [6.07, 6.45) is 2.49. The molecule has 102 valence electrons. The van der Waals surface area contributed by atoms with E-state index >= 15 is 0 Å². The molecule has 1 nitrogen and oxygen atoms in total. The molecule has 1 saturated heterocycles. The largest absolute Gasteiger partial charge is 0.313 e. The van der Waals surface area contributed by atoms with Gasteiger partial charge in [-0.2, -0.15) is 34.9 Å². The molecule has 1 aliphatic rings. The highest BCUT2D eigenvalue weighted by Crippen LogP contribution is 2.34. The third-order valence-corrected chi connectivity index (χ3v) is 7.41. The van der Waals surface area contributed by atoms with Crippen LogP contribution in [0.1, 0.15) is 25.8 Å². The second kappa shape index (κ2) is 7.83.